The molecule has 0 saturated carbocycles. The highest BCUT2D eigenvalue weighted by molar-refractivity contribution is 7.80. The quantitative estimate of drug-likeness (QED) is 0.502. The number of anilines is 2. The molecule has 2 amide bonds. The van der Waals surface area contributed by atoms with Crippen molar-refractivity contribution in [1.29, 1.82) is 0 Å². The molecule has 2 rings (SSSR count). The first-order chi connectivity index (χ1) is 14.8. The van der Waals surface area contributed by atoms with Gasteiger partial charge in [0.05, 0.1) is 32.0 Å². The van der Waals surface area contributed by atoms with Crippen LogP contribution >= 0.6 is 23.8 Å². The highest BCUT2D eigenvalue weighted by Crippen LogP contribution is 2.38. The third kappa shape index (κ3) is 6.47. The summed E-state index contributed by atoms with van der Waals surface area (Å²) in [7, 11) is 4.39. The molecule has 0 aliphatic heterocycles. The zero-order chi connectivity index (χ0) is 23.0. The molecule has 0 fully saturated rings. The summed E-state index contributed by atoms with van der Waals surface area (Å²) >= 11 is 11.4. The second-order valence-corrected chi connectivity index (χ2v) is 7.13. The molecule has 2 aromatic carbocycles. The van der Waals surface area contributed by atoms with E-state index >= 15 is 0 Å². The molecule has 0 spiro atoms. The Morgan fingerprint density at radius 2 is 1.65 bits per heavy atom. The SMILES string of the molecule is CCCC(=O)Nc1ccc(Cl)c(NC(=S)NC(=O)c2cc(OC)c(OC)c(OC)c2)c1. The zero-order valence-electron chi connectivity index (χ0n) is 17.6. The summed E-state index contributed by atoms with van der Waals surface area (Å²) in [6, 6.07) is 7.95. The Kier molecular flexibility index (Phi) is 8.89. The molecular weight excluding hydrogens is 442 g/mol. The molecule has 0 radical (unpaired) electrons. The molecule has 0 atom stereocenters. The number of ether oxygens (including phenoxy) is 3. The van der Waals surface area contributed by atoms with Gasteiger partial charge in [-0.2, -0.15) is 0 Å². The number of amides is 2. The van der Waals surface area contributed by atoms with Gasteiger partial charge in [0.15, 0.2) is 16.6 Å². The average molecular weight is 466 g/mol. The second-order valence-electron chi connectivity index (χ2n) is 6.32. The number of thiocarbonyl (C=S) groups is 1. The van der Waals surface area contributed by atoms with Gasteiger partial charge >= 0.3 is 0 Å². The molecule has 0 aromatic heterocycles. The van der Waals surface area contributed by atoms with Gasteiger partial charge in [0.25, 0.3) is 5.91 Å². The molecule has 8 nitrogen and oxygen atoms in total. The van der Waals surface area contributed by atoms with Crippen molar-refractivity contribution in [3.63, 3.8) is 0 Å². The first-order valence-electron chi connectivity index (χ1n) is 9.34. The summed E-state index contributed by atoms with van der Waals surface area (Å²) in [6.07, 6.45) is 1.15. The first kappa shape index (κ1) is 24.2. The predicted octanol–water partition coefficient (Wildman–Crippen LogP) is 4.23. The first-order valence-corrected chi connectivity index (χ1v) is 10.1. The van der Waals surface area contributed by atoms with E-state index in [1.165, 1.54) is 33.5 Å². The molecule has 0 saturated heterocycles. The molecule has 3 N–H and O–H groups in total. The summed E-state index contributed by atoms with van der Waals surface area (Å²) < 4.78 is 15.8. The third-order valence-corrected chi connectivity index (χ3v) is 4.66. The maximum Gasteiger partial charge on any atom is 0.257 e. The van der Waals surface area contributed by atoms with E-state index in [1.54, 1.807) is 18.2 Å². The van der Waals surface area contributed by atoms with Crippen molar-refractivity contribution in [1.82, 2.24) is 5.32 Å². The monoisotopic (exact) mass is 465 g/mol. The minimum absolute atomic E-state index is 0.0256. The minimum atomic E-state index is -0.486. The lowest BCUT2D eigenvalue weighted by atomic mass is 10.1. The zero-order valence-corrected chi connectivity index (χ0v) is 19.2. The Morgan fingerprint density at radius 1 is 1.00 bits per heavy atom. The Labute approximate surface area is 191 Å². The van der Waals surface area contributed by atoms with E-state index < -0.39 is 5.91 Å². The fourth-order valence-electron chi connectivity index (χ4n) is 2.69. The molecule has 2 aromatic rings. The van der Waals surface area contributed by atoms with Gasteiger partial charge in [0, 0.05) is 17.7 Å². The lowest BCUT2D eigenvalue weighted by Gasteiger charge is -2.15. The number of hydrogen-bond donors (Lipinski definition) is 3. The van der Waals surface area contributed by atoms with Crippen molar-refractivity contribution in [3.05, 3.63) is 40.9 Å². The molecule has 0 bridgehead atoms. The summed E-state index contributed by atoms with van der Waals surface area (Å²) in [5.74, 6) is 0.458. The van der Waals surface area contributed by atoms with Crippen LogP contribution in [0.25, 0.3) is 0 Å². The number of hydrogen-bond acceptors (Lipinski definition) is 6. The van der Waals surface area contributed by atoms with Crippen LogP contribution in [0.2, 0.25) is 5.02 Å². The van der Waals surface area contributed by atoms with Crippen LogP contribution in [0, 0.1) is 0 Å². The van der Waals surface area contributed by atoms with Crippen molar-refractivity contribution in [2.24, 2.45) is 0 Å². The smallest absolute Gasteiger partial charge is 0.257 e. The van der Waals surface area contributed by atoms with Gasteiger partial charge in [0.1, 0.15) is 0 Å². The summed E-state index contributed by atoms with van der Waals surface area (Å²) in [5, 5.41) is 8.62. The van der Waals surface area contributed by atoms with Crippen molar-refractivity contribution >= 4 is 52.1 Å². The summed E-state index contributed by atoms with van der Waals surface area (Å²) in [5.41, 5.74) is 1.25. The Bertz CT molecular complexity index is 958. The van der Waals surface area contributed by atoms with Crippen LogP contribution in [0.3, 0.4) is 0 Å². The topological polar surface area (TPSA) is 97.9 Å². The van der Waals surface area contributed by atoms with Gasteiger partial charge < -0.3 is 24.8 Å². The molecule has 166 valence electrons. The van der Waals surface area contributed by atoms with Crippen LogP contribution in [0.15, 0.2) is 30.3 Å². The van der Waals surface area contributed by atoms with E-state index in [2.05, 4.69) is 16.0 Å². The Balaban J connectivity index is 2.14. The van der Waals surface area contributed by atoms with E-state index in [0.717, 1.165) is 6.42 Å². The van der Waals surface area contributed by atoms with E-state index in [-0.39, 0.29) is 16.6 Å². The molecule has 0 heterocycles. The van der Waals surface area contributed by atoms with E-state index in [1.807, 2.05) is 6.92 Å². The molecule has 0 aliphatic carbocycles. The third-order valence-electron chi connectivity index (χ3n) is 4.13. The fraction of sp³-hybridized carbons (Fsp3) is 0.286. The van der Waals surface area contributed by atoms with Gasteiger partial charge in [-0.05, 0) is 49.0 Å². The van der Waals surface area contributed by atoms with Crippen LogP contribution in [0.5, 0.6) is 17.2 Å². The normalized spacial score (nSPS) is 10.1. The minimum Gasteiger partial charge on any atom is -0.493 e. The van der Waals surface area contributed by atoms with Crippen molar-refractivity contribution < 1.29 is 23.8 Å². The van der Waals surface area contributed by atoms with Crippen LogP contribution in [0.1, 0.15) is 30.1 Å². The van der Waals surface area contributed by atoms with Crippen LogP contribution in [-0.4, -0.2) is 38.3 Å². The van der Waals surface area contributed by atoms with E-state index in [4.69, 9.17) is 38.0 Å². The van der Waals surface area contributed by atoms with Gasteiger partial charge in [-0.15, -0.1) is 0 Å². The Morgan fingerprint density at radius 3 is 2.19 bits per heavy atom. The van der Waals surface area contributed by atoms with Gasteiger partial charge in [-0.25, -0.2) is 0 Å². The maximum atomic E-state index is 12.7. The molecular formula is C21H24ClN3O5S. The largest absolute Gasteiger partial charge is 0.493 e. The molecule has 0 aliphatic rings. The molecule has 0 unspecified atom stereocenters. The number of nitrogens with one attached hydrogen (secondary N) is 3. The highest BCUT2D eigenvalue weighted by atomic mass is 35.5. The number of halogens is 1. The summed E-state index contributed by atoms with van der Waals surface area (Å²) in [6.45, 7) is 1.92. The van der Waals surface area contributed by atoms with Crippen LogP contribution < -0.4 is 30.2 Å². The number of benzene rings is 2. The van der Waals surface area contributed by atoms with Crippen molar-refractivity contribution in [2.45, 2.75) is 19.8 Å². The standard InChI is InChI=1S/C21H24ClN3O5S/c1-5-6-18(26)23-13-7-8-14(22)15(11-13)24-21(31)25-20(27)12-9-16(28-2)19(30-4)17(10-12)29-3/h7-11H,5-6H2,1-4H3,(H,23,26)(H2,24,25,27,31). The second kappa shape index (κ2) is 11.4. The Hall–Kier alpha value is -3.04. The van der Waals surface area contributed by atoms with Crippen LogP contribution in [0.4, 0.5) is 11.4 Å². The molecule has 10 heteroatoms. The average Bonchev–Trinajstić information content (AvgIpc) is 2.74. The van der Waals surface area contributed by atoms with Crippen molar-refractivity contribution in [2.75, 3.05) is 32.0 Å². The van der Waals surface area contributed by atoms with E-state index in [0.29, 0.717) is 40.1 Å². The number of carbonyl (C=O) groups is 2. The van der Waals surface area contributed by atoms with Gasteiger partial charge in [-0.3, -0.25) is 14.9 Å². The van der Waals surface area contributed by atoms with Crippen LogP contribution in [-0.2, 0) is 4.79 Å². The predicted molar refractivity (Wildman–Crippen MR) is 125 cm³/mol. The molecule has 31 heavy (non-hydrogen) atoms. The van der Waals surface area contributed by atoms with Gasteiger partial charge in [-0.1, -0.05) is 18.5 Å². The number of rotatable bonds is 8. The van der Waals surface area contributed by atoms with Crippen molar-refractivity contribution in [3.8, 4) is 17.2 Å². The fourth-order valence-corrected chi connectivity index (χ4v) is 3.06. The highest BCUT2D eigenvalue weighted by Gasteiger charge is 2.18. The maximum absolute atomic E-state index is 12.7. The lowest BCUT2D eigenvalue weighted by Crippen LogP contribution is -2.34. The summed E-state index contributed by atoms with van der Waals surface area (Å²) in [4.78, 5) is 24.5. The van der Waals surface area contributed by atoms with Gasteiger partial charge in [0.2, 0.25) is 11.7 Å². The number of methoxy groups -OCH3 is 3. The van der Waals surface area contributed by atoms with E-state index in [9.17, 15) is 9.59 Å². The number of carbonyl (C=O) groups excluding carboxylic acids is 2. The lowest BCUT2D eigenvalue weighted by molar-refractivity contribution is -0.116.